The van der Waals surface area contributed by atoms with Crippen LogP contribution in [-0.4, -0.2) is 29.4 Å². The summed E-state index contributed by atoms with van der Waals surface area (Å²) < 4.78 is 11.6. The maximum atomic E-state index is 12.5. The molecule has 0 unspecified atom stereocenters. The highest BCUT2D eigenvalue weighted by Crippen LogP contribution is 2.66. The Kier molecular flexibility index (Phi) is 6.24. The predicted molar refractivity (Wildman–Crippen MR) is 120 cm³/mol. The van der Waals surface area contributed by atoms with Crippen LogP contribution in [0.25, 0.3) is 0 Å². The quantitative estimate of drug-likeness (QED) is 0.258. The Morgan fingerprint density at radius 2 is 1.91 bits per heavy atom. The monoisotopic (exact) mass is 440 g/mol. The SMILES string of the molecule is C=C=C[C@]1(OC(=O)CC(C)=O)CC[C@H]2[C@@H]3CCC4=C[C@@H](OC(C)=O)CC[C@@H]4[C@H]3CC[C@@]21C. The highest BCUT2D eigenvalue weighted by molar-refractivity contribution is 5.94. The largest absolute Gasteiger partial charge is 0.458 e. The number of esters is 2. The van der Waals surface area contributed by atoms with E-state index in [4.69, 9.17) is 9.47 Å². The average molecular weight is 441 g/mol. The first-order valence-corrected chi connectivity index (χ1v) is 12.1. The van der Waals surface area contributed by atoms with Crippen molar-refractivity contribution in [3.05, 3.63) is 30.0 Å². The smallest absolute Gasteiger partial charge is 0.314 e. The lowest BCUT2D eigenvalue weighted by molar-refractivity contribution is -0.172. The van der Waals surface area contributed by atoms with Gasteiger partial charge in [-0.05, 0) is 88.0 Å². The Bertz CT molecular complexity index is 880. The number of hydrogen-bond acceptors (Lipinski definition) is 5. The van der Waals surface area contributed by atoms with Crippen molar-refractivity contribution in [2.24, 2.45) is 29.1 Å². The standard InChI is InChI=1S/C27H36O5/c1-5-12-27(32-25(30)15-17(2)28)14-11-24-23-8-6-19-16-20(31-18(3)29)7-9-21(19)22(23)10-13-26(24,27)4/h12,16,20-24H,1,6-11,13-15H2,2-4H3/t20-,21-,22+,23+,24-,26-,27-/m0/s1. The summed E-state index contributed by atoms with van der Waals surface area (Å²) in [6, 6.07) is 0. The Morgan fingerprint density at radius 3 is 2.59 bits per heavy atom. The number of fused-ring (bicyclic) bond motifs is 5. The molecule has 4 rings (SSSR count). The molecule has 0 saturated heterocycles. The van der Waals surface area contributed by atoms with Gasteiger partial charge in [0.2, 0.25) is 0 Å². The number of ether oxygens (including phenoxy) is 2. The van der Waals surface area contributed by atoms with E-state index < -0.39 is 11.6 Å². The van der Waals surface area contributed by atoms with Gasteiger partial charge in [-0.1, -0.05) is 19.1 Å². The second-order valence-corrected chi connectivity index (χ2v) is 10.6. The molecule has 174 valence electrons. The molecule has 0 N–H and O–H groups in total. The van der Waals surface area contributed by atoms with Crippen molar-refractivity contribution >= 4 is 17.7 Å². The molecule has 0 bridgehead atoms. The van der Waals surface area contributed by atoms with Gasteiger partial charge in [0, 0.05) is 18.4 Å². The van der Waals surface area contributed by atoms with Crippen LogP contribution < -0.4 is 0 Å². The Hall–Kier alpha value is -2.13. The third-order valence-corrected chi connectivity index (χ3v) is 8.94. The molecule has 3 saturated carbocycles. The molecule has 0 aromatic carbocycles. The van der Waals surface area contributed by atoms with Crippen molar-refractivity contribution in [1.82, 2.24) is 0 Å². The van der Waals surface area contributed by atoms with Crippen molar-refractivity contribution in [3.63, 3.8) is 0 Å². The average Bonchev–Trinajstić information content (AvgIpc) is 2.99. The van der Waals surface area contributed by atoms with E-state index in [1.165, 1.54) is 19.4 Å². The molecule has 0 aromatic rings. The van der Waals surface area contributed by atoms with Crippen molar-refractivity contribution < 1.29 is 23.9 Å². The fourth-order valence-electron chi connectivity index (χ4n) is 7.68. The minimum Gasteiger partial charge on any atom is -0.458 e. The summed E-state index contributed by atoms with van der Waals surface area (Å²) >= 11 is 0. The van der Waals surface area contributed by atoms with E-state index in [9.17, 15) is 14.4 Å². The molecule has 5 heteroatoms. The summed E-state index contributed by atoms with van der Waals surface area (Å²) in [7, 11) is 0. The number of rotatable bonds is 5. The lowest BCUT2D eigenvalue weighted by Crippen LogP contribution is -2.53. The topological polar surface area (TPSA) is 69.7 Å². The highest BCUT2D eigenvalue weighted by atomic mass is 16.6. The van der Waals surface area contributed by atoms with Crippen LogP contribution in [0.1, 0.15) is 78.6 Å². The van der Waals surface area contributed by atoms with Crippen LogP contribution in [0.15, 0.2) is 30.0 Å². The molecular weight excluding hydrogens is 404 g/mol. The van der Waals surface area contributed by atoms with Crippen LogP contribution in [0.4, 0.5) is 0 Å². The Balaban J connectivity index is 1.56. The molecule has 4 aliphatic carbocycles. The number of carbonyl (C=O) groups excluding carboxylic acids is 3. The number of hydrogen-bond donors (Lipinski definition) is 0. The fraction of sp³-hybridized carbons (Fsp3) is 0.704. The van der Waals surface area contributed by atoms with Crippen molar-refractivity contribution in [3.8, 4) is 0 Å². The highest BCUT2D eigenvalue weighted by Gasteiger charge is 2.64. The van der Waals surface area contributed by atoms with Gasteiger partial charge in [0.15, 0.2) is 0 Å². The van der Waals surface area contributed by atoms with Crippen LogP contribution in [-0.2, 0) is 23.9 Å². The molecular formula is C27H36O5. The van der Waals surface area contributed by atoms with E-state index in [-0.39, 0.29) is 29.7 Å². The molecule has 0 heterocycles. The first kappa shape index (κ1) is 23.0. The number of Topliss-reactive ketones (excluding diaryl/α,β-unsaturated/α-hetero) is 1. The van der Waals surface area contributed by atoms with E-state index in [1.807, 2.05) is 6.08 Å². The van der Waals surface area contributed by atoms with Crippen LogP contribution >= 0.6 is 0 Å². The first-order chi connectivity index (χ1) is 15.2. The second-order valence-electron chi connectivity index (χ2n) is 10.6. The number of carbonyl (C=O) groups is 3. The van der Waals surface area contributed by atoms with Crippen molar-refractivity contribution in [2.45, 2.75) is 90.3 Å². The van der Waals surface area contributed by atoms with Gasteiger partial charge in [0.1, 0.15) is 23.9 Å². The first-order valence-electron chi connectivity index (χ1n) is 12.1. The summed E-state index contributed by atoms with van der Waals surface area (Å²) in [5, 5.41) is 0. The van der Waals surface area contributed by atoms with Gasteiger partial charge < -0.3 is 9.47 Å². The normalized spacial score (nSPS) is 40.0. The summed E-state index contributed by atoms with van der Waals surface area (Å²) in [6.45, 7) is 8.97. The zero-order valence-electron chi connectivity index (χ0n) is 19.7. The van der Waals surface area contributed by atoms with Gasteiger partial charge in [-0.2, -0.15) is 0 Å². The minimum absolute atomic E-state index is 0.0679. The molecule has 32 heavy (non-hydrogen) atoms. The maximum absolute atomic E-state index is 12.5. The zero-order chi connectivity index (χ0) is 23.1. The third-order valence-electron chi connectivity index (χ3n) is 8.94. The predicted octanol–water partition coefficient (Wildman–Crippen LogP) is 5.09. The van der Waals surface area contributed by atoms with Crippen LogP contribution in [0.5, 0.6) is 0 Å². The van der Waals surface area contributed by atoms with E-state index in [0.717, 1.165) is 51.4 Å². The second kappa shape index (κ2) is 8.67. The molecule has 7 atom stereocenters. The van der Waals surface area contributed by atoms with Gasteiger partial charge in [0.05, 0.1) is 0 Å². The van der Waals surface area contributed by atoms with Gasteiger partial charge in [0.25, 0.3) is 0 Å². The summed E-state index contributed by atoms with van der Waals surface area (Å²) in [5.41, 5.74) is 3.51. The van der Waals surface area contributed by atoms with Gasteiger partial charge in [-0.3, -0.25) is 14.4 Å². The molecule has 5 nitrogen and oxygen atoms in total. The molecule has 0 amide bonds. The summed E-state index contributed by atoms with van der Waals surface area (Å²) in [5.74, 6) is 1.48. The number of ketones is 1. The molecule has 3 fully saturated rings. The molecule has 0 aliphatic heterocycles. The van der Waals surface area contributed by atoms with Gasteiger partial charge in [-0.15, -0.1) is 5.73 Å². The van der Waals surface area contributed by atoms with Crippen LogP contribution in [0.2, 0.25) is 0 Å². The fourth-order valence-corrected chi connectivity index (χ4v) is 7.68. The van der Waals surface area contributed by atoms with E-state index >= 15 is 0 Å². The lowest BCUT2D eigenvalue weighted by atomic mass is 9.50. The molecule has 0 radical (unpaired) electrons. The van der Waals surface area contributed by atoms with E-state index in [2.05, 4.69) is 25.3 Å². The van der Waals surface area contributed by atoms with Crippen LogP contribution in [0.3, 0.4) is 0 Å². The number of allylic oxidation sites excluding steroid dienone is 1. The minimum atomic E-state index is -0.722. The van der Waals surface area contributed by atoms with Crippen LogP contribution in [0, 0.1) is 29.1 Å². The summed E-state index contributed by atoms with van der Waals surface area (Å²) in [4.78, 5) is 35.4. The molecule has 0 spiro atoms. The van der Waals surface area contributed by atoms with Gasteiger partial charge >= 0.3 is 11.9 Å². The Labute approximate surface area is 191 Å². The zero-order valence-corrected chi connectivity index (χ0v) is 19.7. The third kappa shape index (κ3) is 3.90. The van der Waals surface area contributed by atoms with Crippen molar-refractivity contribution in [2.75, 3.05) is 0 Å². The Morgan fingerprint density at radius 1 is 1.12 bits per heavy atom. The summed E-state index contributed by atoms with van der Waals surface area (Å²) in [6.07, 6.45) is 11.9. The van der Waals surface area contributed by atoms with E-state index in [1.54, 1.807) is 0 Å². The van der Waals surface area contributed by atoms with Crippen molar-refractivity contribution in [1.29, 1.82) is 0 Å². The molecule has 4 aliphatic rings. The molecule has 0 aromatic heterocycles. The van der Waals surface area contributed by atoms with Gasteiger partial charge in [-0.25, -0.2) is 0 Å². The van der Waals surface area contributed by atoms with E-state index in [0.29, 0.717) is 23.7 Å². The lowest BCUT2D eigenvalue weighted by Gasteiger charge is -2.56. The maximum Gasteiger partial charge on any atom is 0.314 e.